The van der Waals surface area contributed by atoms with E-state index >= 15 is 0 Å². The summed E-state index contributed by atoms with van der Waals surface area (Å²) in [5.74, 6) is -5.79. The van der Waals surface area contributed by atoms with Gasteiger partial charge in [-0.3, -0.25) is 14.4 Å². The Balaban J connectivity index is 3.12. The number of rotatable bonds is 7. The van der Waals surface area contributed by atoms with E-state index in [2.05, 4.69) is 19.5 Å². The summed E-state index contributed by atoms with van der Waals surface area (Å²) >= 11 is 0. The Morgan fingerprint density at radius 1 is 0.885 bits per heavy atom. The lowest BCUT2D eigenvalue weighted by Crippen LogP contribution is -2.51. The molecule has 0 bridgehead atoms. The molecule has 0 saturated carbocycles. The number of phenols is 1. The average molecular weight is 367 g/mol. The number of aromatic hydroxyl groups is 1. The SMILES string of the molecule is COC(=O)C(C(=O)OC)[C@@H](C)[C@@H](NC(=O)c1ccc(O)cc1)C(=O)OC. The van der Waals surface area contributed by atoms with Gasteiger partial charge in [0.05, 0.1) is 21.3 Å². The van der Waals surface area contributed by atoms with Crippen molar-refractivity contribution in [1.29, 1.82) is 0 Å². The number of esters is 3. The van der Waals surface area contributed by atoms with Gasteiger partial charge in [-0.05, 0) is 24.3 Å². The molecule has 9 nitrogen and oxygen atoms in total. The Kier molecular flexibility index (Phi) is 7.57. The molecule has 2 N–H and O–H groups in total. The molecule has 9 heteroatoms. The first-order valence-electron chi connectivity index (χ1n) is 7.60. The Labute approximate surface area is 150 Å². The van der Waals surface area contributed by atoms with Crippen molar-refractivity contribution >= 4 is 23.8 Å². The summed E-state index contributed by atoms with van der Waals surface area (Å²) < 4.78 is 13.8. The Bertz CT molecular complexity index is 654. The second-order valence-electron chi connectivity index (χ2n) is 5.40. The summed E-state index contributed by atoms with van der Waals surface area (Å²) in [6.07, 6.45) is 0. The molecule has 0 aliphatic carbocycles. The van der Waals surface area contributed by atoms with Crippen LogP contribution in [0.4, 0.5) is 0 Å². The van der Waals surface area contributed by atoms with Gasteiger partial charge < -0.3 is 24.6 Å². The van der Waals surface area contributed by atoms with Crippen LogP contribution in [0, 0.1) is 11.8 Å². The lowest BCUT2D eigenvalue weighted by Gasteiger charge is -2.27. The lowest BCUT2D eigenvalue weighted by molar-refractivity contribution is -0.162. The Hall–Kier alpha value is -3.10. The zero-order valence-electron chi connectivity index (χ0n) is 14.8. The van der Waals surface area contributed by atoms with Crippen LogP contribution < -0.4 is 5.32 Å². The van der Waals surface area contributed by atoms with Crippen LogP contribution >= 0.6 is 0 Å². The van der Waals surface area contributed by atoms with E-state index in [0.717, 1.165) is 21.3 Å². The van der Waals surface area contributed by atoms with Gasteiger partial charge in [-0.1, -0.05) is 6.92 Å². The Morgan fingerprint density at radius 3 is 1.77 bits per heavy atom. The minimum atomic E-state index is -1.44. The second-order valence-corrected chi connectivity index (χ2v) is 5.40. The average Bonchev–Trinajstić information content (AvgIpc) is 2.65. The lowest BCUT2D eigenvalue weighted by atomic mass is 9.87. The molecule has 0 saturated heterocycles. The Morgan fingerprint density at radius 2 is 1.35 bits per heavy atom. The predicted molar refractivity (Wildman–Crippen MR) is 88.1 cm³/mol. The van der Waals surface area contributed by atoms with Gasteiger partial charge >= 0.3 is 17.9 Å². The molecule has 0 radical (unpaired) electrons. The highest BCUT2D eigenvalue weighted by atomic mass is 16.5. The minimum Gasteiger partial charge on any atom is -0.508 e. The smallest absolute Gasteiger partial charge is 0.328 e. The van der Waals surface area contributed by atoms with Crippen molar-refractivity contribution in [3.63, 3.8) is 0 Å². The number of amides is 1. The minimum absolute atomic E-state index is 0.0316. The fourth-order valence-corrected chi connectivity index (χ4v) is 2.34. The number of phenolic OH excluding ortho intramolecular Hbond substituents is 1. The van der Waals surface area contributed by atoms with Crippen LogP contribution in [-0.2, 0) is 28.6 Å². The van der Waals surface area contributed by atoms with Crippen LogP contribution in [0.15, 0.2) is 24.3 Å². The van der Waals surface area contributed by atoms with Crippen molar-refractivity contribution in [2.24, 2.45) is 11.8 Å². The standard InChI is InChI=1S/C17H21NO8/c1-9(12(15(21)24-2)16(22)25-3)13(17(23)26-4)18-14(20)10-5-7-11(19)8-6-10/h5-9,12-13,19H,1-4H3,(H,18,20)/t9-,13-/m1/s1. The van der Waals surface area contributed by atoms with E-state index in [4.69, 9.17) is 0 Å². The number of ether oxygens (including phenoxy) is 3. The molecule has 0 fully saturated rings. The van der Waals surface area contributed by atoms with Crippen molar-refractivity contribution in [1.82, 2.24) is 5.32 Å². The molecule has 0 heterocycles. The number of nitrogens with one attached hydrogen (secondary N) is 1. The summed E-state index contributed by atoms with van der Waals surface area (Å²) in [5.41, 5.74) is 0.164. The van der Waals surface area contributed by atoms with Crippen LogP contribution in [0.3, 0.4) is 0 Å². The van der Waals surface area contributed by atoms with Gasteiger partial charge in [0.2, 0.25) is 0 Å². The maximum absolute atomic E-state index is 12.4. The van der Waals surface area contributed by atoms with Gasteiger partial charge in [0.25, 0.3) is 5.91 Å². The number of methoxy groups -OCH3 is 3. The molecule has 1 aromatic carbocycles. The topological polar surface area (TPSA) is 128 Å². The van der Waals surface area contributed by atoms with Crippen molar-refractivity contribution in [3.8, 4) is 5.75 Å². The van der Waals surface area contributed by atoms with E-state index < -0.39 is 41.7 Å². The molecule has 0 aromatic heterocycles. The molecule has 142 valence electrons. The number of hydrogen-bond donors (Lipinski definition) is 2. The van der Waals surface area contributed by atoms with Crippen LogP contribution in [0.2, 0.25) is 0 Å². The molecule has 26 heavy (non-hydrogen) atoms. The third kappa shape index (κ3) is 4.95. The summed E-state index contributed by atoms with van der Waals surface area (Å²) in [4.78, 5) is 48.4. The monoisotopic (exact) mass is 367 g/mol. The largest absolute Gasteiger partial charge is 0.508 e. The maximum atomic E-state index is 12.4. The van der Waals surface area contributed by atoms with E-state index in [1.54, 1.807) is 0 Å². The first-order chi connectivity index (χ1) is 12.3. The van der Waals surface area contributed by atoms with Crippen LogP contribution in [0.5, 0.6) is 5.75 Å². The van der Waals surface area contributed by atoms with Gasteiger partial charge in [0.1, 0.15) is 11.8 Å². The van der Waals surface area contributed by atoms with Crippen molar-refractivity contribution < 1.29 is 38.5 Å². The first-order valence-corrected chi connectivity index (χ1v) is 7.60. The highest BCUT2D eigenvalue weighted by Gasteiger charge is 2.42. The fourth-order valence-electron chi connectivity index (χ4n) is 2.34. The van der Waals surface area contributed by atoms with E-state index in [9.17, 15) is 24.3 Å². The van der Waals surface area contributed by atoms with Crippen molar-refractivity contribution in [2.75, 3.05) is 21.3 Å². The second kappa shape index (κ2) is 9.40. The number of carbonyl (C=O) groups excluding carboxylic acids is 4. The van der Waals surface area contributed by atoms with Crippen LogP contribution in [0.1, 0.15) is 17.3 Å². The van der Waals surface area contributed by atoms with Crippen LogP contribution in [-0.4, -0.2) is 56.3 Å². The van der Waals surface area contributed by atoms with Gasteiger partial charge in [-0.2, -0.15) is 0 Å². The summed E-state index contributed by atoms with van der Waals surface area (Å²) in [6.45, 7) is 1.41. The van der Waals surface area contributed by atoms with E-state index in [1.807, 2.05) is 0 Å². The number of benzene rings is 1. The summed E-state index contributed by atoms with van der Waals surface area (Å²) in [5, 5.41) is 11.7. The normalized spacial score (nSPS) is 12.7. The summed E-state index contributed by atoms with van der Waals surface area (Å²) in [6, 6.07) is 3.99. The molecular formula is C17H21NO8. The molecular weight excluding hydrogens is 346 g/mol. The summed E-state index contributed by atoms with van der Waals surface area (Å²) in [7, 11) is 3.29. The molecule has 1 aromatic rings. The highest BCUT2D eigenvalue weighted by Crippen LogP contribution is 2.21. The van der Waals surface area contributed by atoms with Crippen LogP contribution in [0.25, 0.3) is 0 Å². The van der Waals surface area contributed by atoms with E-state index in [1.165, 1.54) is 31.2 Å². The maximum Gasteiger partial charge on any atom is 0.328 e. The molecule has 1 rings (SSSR count). The van der Waals surface area contributed by atoms with Crippen molar-refractivity contribution in [3.05, 3.63) is 29.8 Å². The highest BCUT2D eigenvalue weighted by molar-refractivity contribution is 5.99. The number of hydrogen-bond acceptors (Lipinski definition) is 8. The molecule has 0 unspecified atom stereocenters. The van der Waals surface area contributed by atoms with E-state index in [0.29, 0.717) is 0 Å². The zero-order chi connectivity index (χ0) is 19.9. The third-order valence-electron chi connectivity index (χ3n) is 3.83. The van der Waals surface area contributed by atoms with E-state index in [-0.39, 0.29) is 11.3 Å². The van der Waals surface area contributed by atoms with Gasteiger partial charge in [-0.25, -0.2) is 4.79 Å². The zero-order valence-corrected chi connectivity index (χ0v) is 14.8. The predicted octanol–water partition coefficient (Wildman–Crippen LogP) is 0.262. The molecule has 2 atom stereocenters. The third-order valence-corrected chi connectivity index (χ3v) is 3.83. The fraction of sp³-hybridized carbons (Fsp3) is 0.412. The molecule has 0 spiro atoms. The van der Waals surface area contributed by atoms with Gasteiger partial charge in [-0.15, -0.1) is 0 Å². The molecule has 0 aliphatic rings. The molecule has 1 amide bonds. The first kappa shape index (κ1) is 20.9. The molecule has 0 aliphatic heterocycles. The van der Waals surface area contributed by atoms with Gasteiger partial charge in [0.15, 0.2) is 5.92 Å². The van der Waals surface area contributed by atoms with Gasteiger partial charge in [0, 0.05) is 11.5 Å². The van der Waals surface area contributed by atoms with Crippen molar-refractivity contribution in [2.45, 2.75) is 13.0 Å². The quantitative estimate of drug-likeness (QED) is 0.399. The number of carbonyl (C=O) groups is 4.